The average molecular weight is 243 g/mol. The van der Waals surface area contributed by atoms with Crippen LogP contribution in [0.2, 0.25) is 0 Å². The average Bonchev–Trinajstić information content (AvgIpc) is 2.37. The molecule has 1 aromatic carbocycles. The molecule has 2 N–H and O–H groups in total. The second kappa shape index (κ2) is 5.49. The highest BCUT2D eigenvalue weighted by molar-refractivity contribution is 5.33. The van der Waals surface area contributed by atoms with Crippen molar-refractivity contribution in [3.63, 3.8) is 0 Å². The molecule has 18 heavy (non-hydrogen) atoms. The lowest BCUT2D eigenvalue weighted by atomic mass is 10.2. The van der Waals surface area contributed by atoms with Crippen LogP contribution in [-0.2, 0) is 6.61 Å². The molecule has 0 amide bonds. The van der Waals surface area contributed by atoms with Crippen LogP contribution in [0.4, 0.5) is 5.82 Å². The molecule has 0 atom stereocenters. The Hall–Kier alpha value is -2.10. The molecule has 4 heteroatoms. The largest absolute Gasteiger partial charge is 0.473 e. The van der Waals surface area contributed by atoms with Crippen LogP contribution >= 0.6 is 0 Å². The van der Waals surface area contributed by atoms with Crippen LogP contribution in [0.5, 0.6) is 5.88 Å². The number of nitrogens with two attached hydrogens (primary N) is 1. The third-order valence-corrected chi connectivity index (χ3v) is 2.49. The highest BCUT2D eigenvalue weighted by Crippen LogP contribution is 2.17. The maximum Gasteiger partial charge on any atom is 0.219 e. The minimum absolute atomic E-state index is 0.229. The van der Waals surface area contributed by atoms with E-state index in [0.717, 1.165) is 5.56 Å². The first kappa shape index (κ1) is 12.4. The number of rotatable bonds is 4. The van der Waals surface area contributed by atoms with Crippen LogP contribution in [0.25, 0.3) is 0 Å². The van der Waals surface area contributed by atoms with Gasteiger partial charge in [-0.15, -0.1) is 0 Å². The molecule has 0 saturated carbocycles. The number of nitrogens with zero attached hydrogens (tertiary/aromatic N) is 2. The zero-order chi connectivity index (χ0) is 13.0. The monoisotopic (exact) mass is 243 g/mol. The molecule has 94 valence electrons. The van der Waals surface area contributed by atoms with Crippen molar-refractivity contribution in [3.05, 3.63) is 47.8 Å². The van der Waals surface area contributed by atoms with Crippen molar-refractivity contribution in [2.45, 2.75) is 26.4 Å². The van der Waals surface area contributed by atoms with Crippen LogP contribution in [0.15, 0.2) is 36.4 Å². The fourth-order valence-electron chi connectivity index (χ4n) is 1.52. The smallest absolute Gasteiger partial charge is 0.219 e. The highest BCUT2D eigenvalue weighted by atomic mass is 16.5. The molecule has 1 heterocycles. The van der Waals surface area contributed by atoms with Gasteiger partial charge in [0.2, 0.25) is 5.88 Å². The summed E-state index contributed by atoms with van der Waals surface area (Å²) < 4.78 is 5.63. The standard InChI is InChI=1S/C14H17N3O/c1-10(2)14-16-12(15)8-13(17-14)18-9-11-6-4-3-5-7-11/h3-8,10H,9H2,1-2H3,(H2,15,16,17). The highest BCUT2D eigenvalue weighted by Gasteiger charge is 2.07. The van der Waals surface area contributed by atoms with Gasteiger partial charge in [-0.3, -0.25) is 0 Å². The van der Waals surface area contributed by atoms with Crippen LogP contribution in [0, 0.1) is 0 Å². The van der Waals surface area contributed by atoms with Crippen LogP contribution in [0.1, 0.15) is 31.2 Å². The quantitative estimate of drug-likeness (QED) is 0.897. The Labute approximate surface area is 107 Å². The summed E-state index contributed by atoms with van der Waals surface area (Å²) in [5.74, 6) is 1.90. The first-order chi connectivity index (χ1) is 8.65. The van der Waals surface area contributed by atoms with E-state index in [1.807, 2.05) is 44.2 Å². The second-order valence-corrected chi connectivity index (χ2v) is 4.42. The Morgan fingerprint density at radius 3 is 2.56 bits per heavy atom. The van der Waals surface area contributed by atoms with Gasteiger partial charge in [-0.2, -0.15) is 4.98 Å². The summed E-state index contributed by atoms with van der Waals surface area (Å²) in [5.41, 5.74) is 6.83. The molecule has 4 nitrogen and oxygen atoms in total. The van der Waals surface area contributed by atoms with Crippen molar-refractivity contribution in [1.82, 2.24) is 9.97 Å². The lowest BCUT2D eigenvalue weighted by Gasteiger charge is -2.09. The summed E-state index contributed by atoms with van der Waals surface area (Å²) in [4.78, 5) is 8.51. The molecule has 0 bridgehead atoms. The number of hydrogen-bond acceptors (Lipinski definition) is 4. The SMILES string of the molecule is CC(C)c1nc(N)cc(OCc2ccccc2)n1. The second-order valence-electron chi connectivity index (χ2n) is 4.42. The van der Waals surface area contributed by atoms with E-state index in [1.165, 1.54) is 0 Å². The minimum Gasteiger partial charge on any atom is -0.473 e. The fourth-order valence-corrected chi connectivity index (χ4v) is 1.52. The van der Waals surface area contributed by atoms with Gasteiger partial charge in [0.1, 0.15) is 18.2 Å². The van der Waals surface area contributed by atoms with E-state index in [2.05, 4.69) is 9.97 Å². The molecular formula is C14H17N3O. The molecule has 0 aliphatic rings. The molecule has 0 spiro atoms. The summed E-state index contributed by atoms with van der Waals surface area (Å²) in [5, 5.41) is 0. The van der Waals surface area contributed by atoms with Gasteiger partial charge in [-0.25, -0.2) is 4.98 Å². The van der Waals surface area contributed by atoms with Crippen LogP contribution < -0.4 is 10.5 Å². The summed E-state index contributed by atoms with van der Waals surface area (Å²) in [6.07, 6.45) is 0. The lowest BCUT2D eigenvalue weighted by molar-refractivity contribution is 0.292. The van der Waals surface area contributed by atoms with Gasteiger partial charge in [-0.05, 0) is 5.56 Å². The van der Waals surface area contributed by atoms with E-state index in [1.54, 1.807) is 6.07 Å². The van der Waals surface area contributed by atoms with Gasteiger partial charge in [-0.1, -0.05) is 44.2 Å². The van der Waals surface area contributed by atoms with Gasteiger partial charge in [0.15, 0.2) is 0 Å². The molecule has 0 saturated heterocycles. The molecule has 0 fully saturated rings. The lowest BCUT2D eigenvalue weighted by Crippen LogP contribution is -2.05. The summed E-state index contributed by atoms with van der Waals surface area (Å²) in [6, 6.07) is 11.6. The van der Waals surface area contributed by atoms with E-state index in [9.17, 15) is 0 Å². The third kappa shape index (κ3) is 3.20. The van der Waals surface area contributed by atoms with E-state index in [0.29, 0.717) is 24.1 Å². The molecule has 0 unspecified atom stereocenters. The van der Waals surface area contributed by atoms with Crippen LogP contribution in [0.3, 0.4) is 0 Å². The molecular weight excluding hydrogens is 226 g/mol. The molecule has 2 rings (SSSR count). The van der Waals surface area contributed by atoms with Crippen molar-refractivity contribution >= 4 is 5.82 Å². The molecule has 0 aliphatic heterocycles. The Kier molecular flexibility index (Phi) is 3.77. The molecule has 0 radical (unpaired) electrons. The Balaban J connectivity index is 2.10. The van der Waals surface area contributed by atoms with Gasteiger partial charge in [0.05, 0.1) is 0 Å². The number of benzene rings is 1. The topological polar surface area (TPSA) is 61.0 Å². The number of hydrogen-bond donors (Lipinski definition) is 1. The van der Waals surface area contributed by atoms with Crippen LogP contribution in [-0.4, -0.2) is 9.97 Å². The van der Waals surface area contributed by atoms with Gasteiger partial charge in [0.25, 0.3) is 0 Å². The summed E-state index contributed by atoms with van der Waals surface area (Å²) in [7, 11) is 0. The van der Waals surface area contributed by atoms with E-state index < -0.39 is 0 Å². The zero-order valence-corrected chi connectivity index (χ0v) is 10.6. The normalized spacial score (nSPS) is 10.6. The first-order valence-corrected chi connectivity index (χ1v) is 5.96. The predicted molar refractivity (Wildman–Crippen MR) is 71.3 cm³/mol. The number of nitrogen functional groups attached to an aromatic ring is 1. The molecule has 0 aliphatic carbocycles. The van der Waals surface area contributed by atoms with Crippen molar-refractivity contribution in [2.75, 3.05) is 5.73 Å². The molecule has 1 aromatic heterocycles. The number of ether oxygens (including phenoxy) is 1. The molecule has 2 aromatic rings. The van der Waals surface area contributed by atoms with E-state index >= 15 is 0 Å². The summed E-state index contributed by atoms with van der Waals surface area (Å²) in [6.45, 7) is 4.53. The third-order valence-electron chi connectivity index (χ3n) is 2.49. The van der Waals surface area contributed by atoms with Gasteiger partial charge >= 0.3 is 0 Å². The minimum atomic E-state index is 0.229. The van der Waals surface area contributed by atoms with Gasteiger partial charge in [0, 0.05) is 12.0 Å². The summed E-state index contributed by atoms with van der Waals surface area (Å²) >= 11 is 0. The van der Waals surface area contributed by atoms with Crippen molar-refractivity contribution in [2.24, 2.45) is 0 Å². The van der Waals surface area contributed by atoms with Crippen molar-refractivity contribution in [3.8, 4) is 5.88 Å². The fraction of sp³-hybridized carbons (Fsp3) is 0.286. The predicted octanol–water partition coefficient (Wildman–Crippen LogP) is 2.76. The van der Waals surface area contributed by atoms with E-state index in [-0.39, 0.29) is 5.92 Å². The number of anilines is 1. The maximum atomic E-state index is 5.74. The Morgan fingerprint density at radius 1 is 1.17 bits per heavy atom. The van der Waals surface area contributed by atoms with E-state index in [4.69, 9.17) is 10.5 Å². The van der Waals surface area contributed by atoms with Crippen molar-refractivity contribution < 1.29 is 4.74 Å². The van der Waals surface area contributed by atoms with Crippen molar-refractivity contribution in [1.29, 1.82) is 0 Å². The first-order valence-electron chi connectivity index (χ1n) is 5.96. The zero-order valence-electron chi connectivity index (χ0n) is 10.6. The Morgan fingerprint density at radius 2 is 1.89 bits per heavy atom. The Bertz CT molecular complexity index is 512. The number of aromatic nitrogens is 2. The maximum absolute atomic E-state index is 5.74. The van der Waals surface area contributed by atoms with Gasteiger partial charge < -0.3 is 10.5 Å².